The summed E-state index contributed by atoms with van der Waals surface area (Å²) in [4.78, 5) is 14.9. The van der Waals surface area contributed by atoms with Crippen LogP contribution >= 0.6 is 0 Å². The van der Waals surface area contributed by atoms with Gasteiger partial charge in [-0.15, -0.1) is 0 Å². The summed E-state index contributed by atoms with van der Waals surface area (Å²) in [6.45, 7) is 4.15. The van der Waals surface area contributed by atoms with Crippen molar-refractivity contribution in [1.82, 2.24) is 24.2 Å². The average molecular weight is 428 g/mol. The van der Waals surface area contributed by atoms with Gasteiger partial charge in [0.15, 0.2) is 5.82 Å². The highest BCUT2D eigenvalue weighted by molar-refractivity contribution is 7.89. The van der Waals surface area contributed by atoms with Gasteiger partial charge in [-0.1, -0.05) is 12.1 Å². The third-order valence-electron chi connectivity index (χ3n) is 5.12. The second-order valence-electron chi connectivity index (χ2n) is 7.19. The lowest BCUT2D eigenvalue weighted by Crippen LogP contribution is -2.48. The van der Waals surface area contributed by atoms with Crippen LogP contribution in [0.2, 0.25) is 0 Å². The Hall–Kier alpha value is -2.75. The third kappa shape index (κ3) is 4.38. The Balaban J connectivity index is 1.45. The van der Waals surface area contributed by atoms with E-state index in [1.807, 2.05) is 6.07 Å². The van der Waals surface area contributed by atoms with Crippen molar-refractivity contribution in [3.8, 4) is 11.4 Å². The molecule has 2 aromatic heterocycles. The van der Waals surface area contributed by atoms with Crippen LogP contribution in [0.5, 0.6) is 0 Å². The topological polar surface area (TPSA) is 79.3 Å². The normalized spacial score (nSPS) is 15.9. The van der Waals surface area contributed by atoms with Crippen LogP contribution < -0.4 is 0 Å². The standard InChI is InChI=1S/C21H22FN5O2S/c1-16-20(14-24-21(25-16)18-5-7-23-8-6-18)30(28,29)27-11-9-26(10-12-27)15-17-3-2-4-19(22)13-17/h2-8,13-14H,9-12,15H2,1H3. The van der Waals surface area contributed by atoms with E-state index < -0.39 is 10.0 Å². The SMILES string of the molecule is Cc1nc(-c2ccncc2)ncc1S(=O)(=O)N1CCN(Cc2cccc(F)c2)CC1. The smallest absolute Gasteiger partial charge is 0.246 e. The van der Waals surface area contributed by atoms with E-state index in [2.05, 4.69) is 19.9 Å². The molecule has 1 saturated heterocycles. The lowest BCUT2D eigenvalue weighted by Gasteiger charge is -2.34. The highest BCUT2D eigenvalue weighted by Crippen LogP contribution is 2.22. The lowest BCUT2D eigenvalue weighted by molar-refractivity contribution is 0.181. The number of piperazine rings is 1. The van der Waals surface area contributed by atoms with Crippen LogP contribution in [0.1, 0.15) is 11.3 Å². The van der Waals surface area contributed by atoms with Gasteiger partial charge in [0.2, 0.25) is 10.0 Å². The second kappa shape index (κ2) is 8.55. The highest BCUT2D eigenvalue weighted by atomic mass is 32.2. The summed E-state index contributed by atoms with van der Waals surface area (Å²) in [6.07, 6.45) is 4.66. The fraction of sp³-hybridized carbons (Fsp3) is 0.286. The molecule has 0 saturated carbocycles. The summed E-state index contributed by atoms with van der Waals surface area (Å²) in [6, 6.07) is 10.0. The number of sulfonamides is 1. The van der Waals surface area contributed by atoms with E-state index in [1.165, 1.54) is 22.6 Å². The van der Waals surface area contributed by atoms with Crippen molar-refractivity contribution in [2.24, 2.45) is 0 Å². The summed E-state index contributed by atoms with van der Waals surface area (Å²) >= 11 is 0. The van der Waals surface area contributed by atoms with Gasteiger partial charge in [0.25, 0.3) is 0 Å². The maximum Gasteiger partial charge on any atom is 0.246 e. The monoisotopic (exact) mass is 427 g/mol. The molecule has 0 unspecified atom stereocenters. The maximum atomic E-state index is 13.4. The van der Waals surface area contributed by atoms with Crippen molar-refractivity contribution in [3.63, 3.8) is 0 Å². The number of aryl methyl sites for hydroxylation is 1. The van der Waals surface area contributed by atoms with Gasteiger partial charge in [-0.3, -0.25) is 9.88 Å². The molecule has 0 aliphatic carbocycles. The maximum absolute atomic E-state index is 13.4. The predicted octanol–water partition coefficient (Wildman–Crippen LogP) is 2.49. The Bertz CT molecular complexity index is 1130. The van der Waals surface area contributed by atoms with Gasteiger partial charge in [0.1, 0.15) is 10.7 Å². The van der Waals surface area contributed by atoms with Crippen LogP contribution in [0.3, 0.4) is 0 Å². The Morgan fingerprint density at radius 2 is 1.80 bits per heavy atom. The summed E-state index contributed by atoms with van der Waals surface area (Å²) in [5.41, 5.74) is 2.07. The zero-order valence-electron chi connectivity index (χ0n) is 16.6. The minimum Gasteiger partial charge on any atom is -0.296 e. The number of pyridine rings is 1. The molecule has 9 heteroatoms. The quantitative estimate of drug-likeness (QED) is 0.623. The molecule has 0 amide bonds. The zero-order chi connectivity index (χ0) is 21.1. The second-order valence-corrected chi connectivity index (χ2v) is 9.10. The number of halogens is 1. The number of hydrogen-bond acceptors (Lipinski definition) is 6. The van der Waals surface area contributed by atoms with Crippen LogP contribution in [-0.2, 0) is 16.6 Å². The van der Waals surface area contributed by atoms with Crippen molar-refractivity contribution in [3.05, 3.63) is 72.1 Å². The van der Waals surface area contributed by atoms with Crippen LogP contribution in [-0.4, -0.2) is 58.8 Å². The minimum atomic E-state index is -3.69. The third-order valence-corrected chi connectivity index (χ3v) is 7.12. The van der Waals surface area contributed by atoms with Crippen LogP contribution in [0, 0.1) is 12.7 Å². The molecule has 7 nitrogen and oxygen atoms in total. The Morgan fingerprint density at radius 1 is 1.07 bits per heavy atom. The molecular formula is C21H22FN5O2S. The predicted molar refractivity (Wildman–Crippen MR) is 110 cm³/mol. The van der Waals surface area contributed by atoms with E-state index in [1.54, 1.807) is 37.5 Å². The first-order valence-corrected chi connectivity index (χ1v) is 11.1. The molecule has 0 spiro atoms. The van der Waals surface area contributed by atoms with E-state index in [0.29, 0.717) is 44.2 Å². The van der Waals surface area contributed by atoms with E-state index in [0.717, 1.165) is 11.1 Å². The number of nitrogens with zero attached hydrogens (tertiary/aromatic N) is 5. The van der Waals surface area contributed by atoms with Crippen molar-refractivity contribution >= 4 is 10.0 Å². The molecule has 0 atom stereocenters. The van der Waals surface area contributed by atoms with Crippen molar-refractivity contribution < 1.29 is 12.8 Å². The Morgan fingerprint density at radius 3 is 2.47 bits per heavy atom. The molecule has 1 aliphatic heterocycles. The van der Waals surface area contributed by atoms with Crippen LogP contribution in [0.15, 0.2) is 59.9 Å². The van der Waals surface area contributed by atoms with E-state index in [9.17, 15) is 12.8 Å². The van der Waals surface area contributed by atoms with Crippen LogP contribution in [0.25, 0.3) is 11.4 Å². The molecule has 30 heavy (non-hydrogen) atoms. The first-order valence-electron chi connectivity index (χ1n) is 9.64. The molecular weight excluding hydrogens is 405 g/mol. The van der Waals surface area contributed by atoms with Gasteiger partial charge in [0.05, 0.1) is 11.9 Å². The van der Waals surface area contributed by atoms with Gasteiger partial charge in [-0.05, 0) is 36.8 Å². The number of rotatable bonds is 5. The van der Waals surface area contributed by atoms with E-state index in [4.69, 9.17) is 0 Å². The number of hydrogen-bond donors (Lipinski definition) is 0. The molecule has 156 valence electrons. The van der Waals surface area contributed by atoms with Crippen molar-refractivity contribution in [2.75, 3.05) is 26.2 Å². The summed E-state index contributed by atoms with van der Waals surface area (Å²) in [5.74, 6) is 0.202. The van der Waals surface area contributed by atoms with Crippen LogP contribution in [0.4, 0.5) is 4.39 Å². The lowest BCUT2D eigenvalue weighted by atomic mass is 10.2. The fourth-order valence-electron chi connectivity index (χ4n) is 3.51. The Labute approximate surface area is 175 Å². The first-order chi connectivity index (χ1) is 14.4. The largest absolute Gasteiger partial charge is 0.296 e. The zero-order valence-corrected chi connectivity index (χ0v) is 17.4. The molecule has 3 heterocycles. The number of aromatic nitrogens is 3. The minimum absolute atomic E-state index is 0.124. The molecule has 3 aromatic rings. The highest BCUT2D eigenvalue weighted by Gasteiger charge is 2.30. The summed E-state index contributed by atoms with van der Waals surface area (Å²) in [5, 5.41) is 0. The Kier molecular flexibility index (Phi) is 5.85. The van der Waals surface area contributed by atoms with Gasteiger partial charge in [-0.2, -0.15) is 4.31 Å². The molecule has 1 aromatic carbocycles. The molecule has 1 aliphatic rings. The van der Waals surface area contributed by atoms with Gasteiger partial charge in [-0.25, -0.2) is 22.8 Å². The van der Waals surface area contributed by atoms with Gasteiger partial charge < -0.3 is 0 Å². The molecule has 0 N–H and O–H groups in total. The molecule has 0 bridgehead atoms. The summed E-state index contributed by atoms with van der Waals surface area (Å²) in [7, 11) is -3.69. The summed E-state index contributed by atoms with van der Waals surface area (Å²) < 4.78 is 41.1. The van der Waals surface area contributed by atoms with E-state index >= 15 is 0 Å². The average Bonchev–Trinajstić information content (AvgIpc) is 2.74. The first kappa shape index (κ1) is 20.5. The molecule has 1 fully saturated rings. The fourth-order valence-corrected chi connectivity index (χ4v) is 5.04. The van der Waals surface area contributed by atoms with Gasteiger partial charge >= 0.3 is 0 Å². The van der Waals surface area contributed by atoms with Crippen molar-refractivity contribution in [1.29, 1.82) is 0 Å². The van der Waals surface area contributed by atoms with Crippen molar-refractivity contribution in [2.45, 2.75) is 18.4 Å². The number of benzene rings is 1. The molecule has 0 radical (unpaired) electrons. The molecule has 4 rings (SSSR count). The van der Waals surface area contributed by atoms with E-state index in [-0.39, 0.29) is 10.7 Å². The van der Waals surface area contributed by atoms with Gasteiger partial charge in [0, 0.05) is 50.7 Å².